The minimum Gasteiger partial charge on any atom is -0.761 e. The van der Waals surface area contributed by atoms with Crippen LogP contribution in [0.1, 0.15) is 19.1 Å². The second-order valence-corrected chi connectivity index (χ2v) is 9.95. The van der Waals surface area contributed by atoms with E-state index in [0.29, 0.717) is 25.7 Å². The Morgan fingerprint density at radius 3 is 2.89 bits per heavy atom. The predicted octanol–water partition coefficient (Wildman–Crippen LogP) is -1.20. The van der Waals surface area contributed by atoms with Crippen LogP contribution >= 0.6 is 7.75 Å². The van der Waals surface area contributed by atoms with Gasteiger partial charge in [-0.25, -0.2) is 24.7 Å². The van der Waals surface area contributed by atoms with Gasteiger partial charge in [0.25, 0.3) is 0 Å². The third-order valence-electron chi connectivity index (χ3n) is 5.97. The largest absolute Gasteiger partial charge is 0.761 e. The van der Waals surface area contributed by atoms with Gasteiger partial charge in [-0.15, -0.1) is 5.06 Å². The molecule has 3 aromatic heterocycles. The molecule has 2 saturated heterocycles. The van der Waals surface area contributed by atoms with E-state index in [9.17, 15) is 29.3 Å². The maximum Gasteiger partial charge on any atom is 0.432 e. The second-order valence-electron chi connectivity index (χ2n) is 8.29. The molecule has 0 radical (unpaired) electrons. The minimum absolute atomic E-state index is 0.00357. The highest BCUT2D eigenvalue weighted by Crippen LogP contribution is 2.40. The van der Waals surface area contributed by atoms with Gasteiger partial charge in [0, 0.05) is 18.9 Å². The fourth-order valence-electron chi connectivity index (χ4n) is 4.10. The topological polar surface area (TPSA) is 219 Å². The summed E-state index contributed by atoms with van der Waals surface area (Å²) in [6.07, 6.45) is 1.59. The zero-order valence-electron chi connectivity index (χ0n) is 19.0. The number of aliphatic hydroxyl groups is 2. The first-order valence-corrected chi connectivity index (χ1v) is 12.6. The average Bonchev–Trinajstić information content (AvgIpc) is 3.67. The second kappa shape index (κ2) is 10.2. The van der Waals surface area contributed by atoms with Gasteiger partial charge in [-0.3, -0.25) is 18.8 Å². The van der Waals surface area contributed by atoms with Crippen LogP contribution in [0.2, 0.25) is 0 Å². The lowest BCUT2D eigenvalue weighted by molar-refractivity contribution is -0.205. The smallest absolute Gasteiger partial charge is 0.432 e. The minimum atomic E-state index is -4.54. The zero-order chi connectivity index (χ0) is 26.2. The first-order chi connectivity index (χ1) is 17.8. The highest BCUT2D eigenvalue weighted by atomic mass is 31.2. The van der Waals surface area contributed by atoms with Crippen molar-refractivity contribution < 1.29 is 43.4 Å². The molecule has 0 aliphatic carbocycles. The van der Waals surface area contributed by atoms with Gasteiger partial charge in [0.2, 0.25) is 7.75 Å². The third-order valence-corrected chi connectivity index (χ3v) is 7.25. The third kappa shape index (κ3) is 4.97. The maximum atomic E-state index is 12.4. The van der Waals surface area contributed by atoms with Crippen LogP contribution in [-0.2, 0) is 23.5 Å². The molecule has 198 valence electrons. The Morgan fingerprint density at radius 2 is 2.14 bits per heavy atom. The number of aliphatic hydroxyl groups excluding tert-OH is 2. The Bertz CT molecular complexity index is 1320. The molecular formula is C19H22N8O9P-. The number of carbonyl (C=O) groups is 2. The van der Waals surface area contributed by atoms with E-state index in [4.69, 9.17) is 14.1 Å². The van der Waals surface area contributed by atoms with Gasteiger partial charge >= 0.3 is 6.09 Å². The average molecular weight is 537 g/mol. The molecule has 5 rings (SSSR count). The molecule has 0 aromatic carbocycles. The van der Waals surface area contributed by atoms with Gasteiger partial charge in [0.1, 0.15) is 43.3 Å². The number of aldehydes is 1. The van der Waals surface area contributed by atoms with Crippen LogP contribution in [-0.4, -0.2) is 94.0 Å². The van der Waals surface area contributed by atoms with Gasteiger partial charge in [-0.2, -0.15) is 0 Å². The lowest BCUT2D eigenvalue weighted by atomic mass is 10.1. The highest BCUT2D eigenvalue weighted by Gasteiger charge is 2.45. The number of imidazole rings is 2. The number of nitrogens with one attached hydrogen (secondary N) is 1. The van der Waals surface area contributed by atoms with Crippen molar-refractivity contribution >= 4 is 37.1 Å². The van der Waals surface area contributed by atoms with Crippen molar-refractivity contribution in [2.75, 3.05) is 18.5 Å². The maximum absolute atomic E-state index is 12.4. The Labute approximate surface area is 208 Å². The monoisotopic (exact) mass is 537 g/mol. The van der Waals surface area contributed by atoms with Crippen molar-refractivity contribution in [2.24, 2.45) is 0 Å². The molecule has 3 aromatic rings. The van der Waals surface area contributed by atoms with E-state index in [-0.39, 0.29) is 17.0 Å². The molecule has 0 spiro atoms. The van der Waals surface area contributed by atoms with Crippen LogP contribution < -0.4 is 10.2 Å². The summed E-state index contributed by atoms with van der Waals surface area (Å²) in [5.74, 6) is -0.00357. The molecule has 3 N–H and O–H groups in total. The molecule has 2 fully saturated rings. The van der Waals surface area contributed by atoms with Gasteiger partial charge in [0.05, 0.1) is 12.9 Å². The van der Waals surface area contributed by atoms with Gasteiger partial charge in [-0.05, 0) is 12.8 Å². The van der Waals surface area contributed by atoms with Gasteiger partial charge in [-0.1, -0.05) is 0 Å². The first kappa shape index (κ1) is 25.3. The molecule has 2 aliphatic heterocycles. The van der Waals surface area contributed by atoms with Crippen LogP contribution in [0.3, 0.4) is 0 Å². The molecule has 2 aliphatic rings. The van der Waals surface area contributed by atoms with E-state index in [1.807, 2.05) is 0 Å². The summed E-state index contributed by atoms with van der Waals surface area (Å²) in [4.78, 5) is 56.8. The van der Waals surface area contributed by atoms with Crippen LogP contribution in [0.4, 0.5) is 10.6 Å². The number of hydroxylamine groups is 2. The van der Waals surface area contributed by atoms with Crippen molar-refractivity contribution in [1.82, 2.24) is 33.9 Å². The van der Waals surface area contributed by atoms with Crippen LogP contribution in [0, 0.1) is 0 Å². The fourth-order valence-corrected chi connectivity index (χ4v) is 4.98. The number of carbonyl (C=O) groups excluding carboxylic acids is 2. The van der Waals surface area contributed by atoms with Crippen LogP contribution in [0.25, 0.3) is 11.2 Å². The molecule has 18 heteroatoms. The molecule has 6 atom stereocenters. The SMILES string of the molecule is O=C[C@@H]1CCCN1OC(=O)Nc1ncnc2c1ncn2[C@@H]1O[C@H](COP(=O)([O-])n2ccnc2)C(O)[C@@H]1O. The molecule has 5 heterocycles. The quantitative estimate of drug-likeness (QED) is 0.227. The number of aromatic nitrogens is 6. The number of amides is 1. The summed E-state index contributed by atoms with van der Waals surface area (Å²) in [7, 11) is -4.54. The fraction of sp³-hybridized carbons (Fsp3) is 0.474. The molecule has 0 saturated carbocycles. The van der Waals surface area contributed by atoms with E-state index in [1.54, 1.807) is 0 Å². The molecule has 0 bridgehead atoms. The van der Waals surface area contributed by atoms with Gasteiger partial charge in [0.15, 0.2) is 23.2 Å². The predicted molar refractivity (Wildman–Crippen MR) is 118 cm³/mol. The van der Waals surface area contributed by atoms with E-state index in [0.717, 1.165) is 17.0 Å². The van der Waals surface area contributed by atoms with Crippen molar-refractivity contribution in [1.29, 1.82) is 0 Å². The number of hydrogen-bond donors (Lipinski definition) is 3. The molecular weight excluding hydrogens is 515 g/mol. The molecule has 2 unspecified atom stereocenters. The highest BCUT2D eigenvalue weighted by molar-refractivity contribution is 7.49. The summed E-state index contributed by atoms with van der Waals surface area (Å²) in [6, 6.07) is -0.518. The number of ether oxygens (including phenoxy) is 1. The zero-order valence-corrected chi connectivity index (χ0v) is 19.9. The summed E-state index contributed by atoms with van der Waals surface area (Å²) in [5, 5.41) is 24.8. The number of hydrogen-bond acceptors (Lipinski definition) is 14. The summed E-state index contributed by atoms with van der Waals surface area (Å²) in [5.41, 5.74) is 0.268. The number of nitrogens with zero attached hydrogens (tertiary/aromatic N) is 7. The summed E-state index contributed by atoms with van der Waals surface area (Å²) in [6.45, 7) is -0.162. The van der Waals surface area contributed by atoms with Crippen molar-refractivity contribution in [3.8, 4) is 0 Å². The van der Waals surface area contributed by atoms with E-state index < -0.39 is 51.0 Å². The Morgan fingerprint density at radius 1 is 1.30 bits per heavy atom. The lowest BCUT2D eigenvalue weighted by Gasteiger charge is -2.25. The first-order valence-electron chi connectivity index (χ1n) is 11.1. The molecule has 37 heavy (non-hydrogen) atoms. The van der Waals surface area contributed by atoms with Gasteiger partial charge < -0.3 is 34.0 Å². The molecule has 1 amide bonds. The standard InChI is InChI=1S/C19H23N8O9P/c28-6-11-2-1-4-27(11)36-19(31)24-16-13-17(22-8-21-16)26(10-23-13)18-15(30)14(29)12(35-18)7-34-37(32,33)25-5-3-20-9-25/h3,5-6,8-12,14-15,18,29-30H,1-2,4,7H2,(H,32,33)(H,21,22,24,31)/p-1/t11-,12+,14?,15-,18+/m0/s1. The Hall–Kier alpha value is -3.31. The van der Waals surface area contributed by atoms with Crippen LogP contribution in [0.15, 0.2) is 31.4 Å². The normalized spacial score (nSPS) is 27.8. The van der Waals surface area contributed by atoms with Crippen molar-refractivity contribution in [3.63, 3.8) is 0 Å². The summed E-state index contributed by atoms with van der Waals surface area (Å²) >= 11 is 0. The van der Waals surface area contributed by atoms with Crippen molar-refractivity contribution in [2.45, 2.75) is 43.4 Å². The van der Waals surface area contributed by atoms with Crippen molar-refractivity contribution in [3.05, 3.63) is 31.4 Å². The molecule has 17 nitrogen and oxygen atoms in total. The van der Waals surface area contributed by atoms with E-state index >= 15 is 0 Å². The van der Waals surface area contributed by atoms with E-state index in [1.165, 1.54) is 28.4 Å². The number of anilines is 1. The summed E-state index contributed by atoms with van der Waals surface area (Å²) < 4.78 is 24.9. The van der Waals surface area contributed by atoms with E-state index in [2.05, 4.69) is 25.3 Å². The number of rotatable bonds is 8. The number of fused-ring (bicyclic) bond motifs is 1. The lowest BCUT2D eigenvalue weighted by Crippen LogP contribution is -2.35. The Balaban J connectivity index is 1.29. The Kier molecular flexibility index (Phi) is 7.00. The van der Waals surface area contributed by atoms with Crippen LogP contribution in [0.5, 0.6) is 0 Å².